The molecule has 2 N–H and O–H groups in total. The molecule has 2 fully saturated rings. The smallest absolute Gasteiger partial charge is 0.317 e. The average molecular weight is 211 g/mol. The largest absolute Gasteiger partial charge is 0.333 e. The van der Waals surface area contributed by atoms with Crippen molar-refractivity contribution in [2.75, 3.05) is 19.6 Å². The summed E-state index contributed by atoms with van der Waals surface area (Å²) >= 11 is 0. The number of urea groups is 1. The van der Waals surface area contributed by atoms with Crippen LogP contribution >= 0.6 is 0 Å². The highest BCUT2D eigenvalue weighted by Crippen LogP contribution is 2.12. The topological polar surface area (TPSA) is 44.4 Å². The zero-order valence-corrected chi connectivity index (χ0v) is 9.46. The standard InChI is InChI=1S/C11H21N3O/c1-2-4-10-8-14(11(15)13-10)7-9-5-3-6-12-9/h9-10,12H,2-8H2,1H3,(H,13,15). The van der Waals surface area contributed by atoms with Gasteiger partial charge in [-0.1, -0.05) is 13.3 Å². The van der Waals surface area contributed by atoms with Crippen LogP contribution in [0.4, 0.5) is 4.79 Å². The van der Waals surface area contributed by atoms with E-state index in [1.54, 1.807) is 0 Å². The second-order valence-electron chi connectivity index (χ2n) is 4.63. The Morgan fingerprint density at radius 1 is 1.47 bits per heavy atom. The highest BCUT2D eigenvalue weighted by Gasteiger charge is 2.30. The predicted octanol–water partition coefficient (Wildman–Crippen LogP) is 0.932. The summed E-state index contributed by atoms with van der Waals surface area (Å²) in [6.07, 6.45) is 4.70. The zero-order chi connectivity index (χ0) is 10.7. The van der Waals surface area contributed by atoms with E-state index in [1.807, 2.05) is 4.90 Å². The Labute approximate surface area is 91.4 Å². The van der Waals surface area contributed by atoms with Gasteiger partial charge in [-0.15, -0.1) is 0 Å². The fourth-order valence-electron chi connectivity index (χ4n) is 2.51. The van der Waals surface area contributed by atoms with Gasteiger partial charge in [0, 0.05) is 25.2 Å². The van der Waals surface area contributed by atoms with E-state index in [0.717, 1.165) is 32.5 Å². The minimum absolute atomic E-state index is 0.127. The maximum absolute atomic E-state index is 11.6. The lowest BCUT2D eigenvalue weighted by Gasteiger charge is -2.19. The van der Waals surface area contributed by atoms with E-state index in [4.69, 9.17) is 0 Å². The van der Waals surface area contributed by atoms with Gasteiger partial charge in [0.2, 0.25) is 0 Å². The predicted molar refractivity (Wildman–Crippen MR) is 59.8 cm³/mol. The van der Waals surface area contributed by atoms with Crippen LogP contribution in [0.3, 0.4) is 0 Å². The third kappa shape index (κ3) is 2.62. The van der Waals surface area contributed by atoms with Crippen LogP contribution < -0.4 is 10.6 Å². The van der Waals surface area contributed by atoms with E-state index in [2.05, 4.69) is 17.6 Å². The fourth-order valence-corrected chi connectivity index (χ4v) is 2.51. The lowest BCUT2D eigenvalue weighted by atomic mass is 10.1. The Kier molecular flexibility index (Phi) is 3.46. The van der Waals surface area contributed by atoms with Crippen molar-refractivity contribution < 1.29 is 4.79 Å². The summed E-state index contributed by atoms with van der Waals surface area (Å²) in [4.78, 5) is 13.6. The van der Waals surface area contributed by atoms with Crippen molar-refractivity contribution in [2.24, 2.45) is 0 Å². The van der Waals surface area contributed by atoms with Crippen LogP contribution in [0.2, 0.25) is 0 Å². The maximum Gasteiger partial charge on any atom is 0.317 e. The van der Waals surface area contributed by atoms with Crippen LogP contribution in [0, 0.1) is 0 Å². The van der Waals surface area contributed by atoms with Gasteiger partial charge in [0.25, 0.3) is 0 Å². The Balaban J connectivity index is 1.79. The number of carbonyl (C=O) groups is 1. The lowest BCUT2D eigenvalue weighted by molar-refractivity contribution is 0.213. The van der Waals surface area contributed by atoms with Crippen LogP contribution in [0.25, 0.3) is 0 Å². The minimum atomic E-state index is 0.127. The zero-order valence-electron chi connectivity index (χ0n) is 9.46. The van der Waals surface area contributed by atoms with Crippen LogP contribution in [-0.4, -0.2) is 42.6 Å². The van der Waals surface area contributed by atoms with Crippen molar-refractivity contribution in [3.8, 4) is 0 Å². The molecule has 4 heteroatoms. The van der Waals surface area contributed by atoms with Crippen molar-refractivity contribution >= 4 is 6.03 Å². The van der Waals surface area contributed by atoms with E-state index in [-0.39, 0.29) is 6.03 Å². The van der Waals surface area contributed by atoms with Gasteiger partial charge < -0.3 is 15.5 Å². The van der Waals surface area contributed by atoms with Crippen LogP contribution in [0.15, 0.2) is 0 Å². The van der Waals surface area contributed by atoms with Crippen molar-refractivity contribution in [2.45, 2.75) is 44.7 Å². The van der Waals surface area contributed by atoms with E-state index < -0.39 is 0 Å². The number of hydrogen-bond acceptors (Lipinski definition) is 2. The molecule has 2 rings (SSSR count). The molecule has 2 aliphatic rings. The second kappa shape index (κ2) is 4.84. The molecular formula is C11H21N3O. The molecule has 0 aromatic rings. The number of hydrogen-bond donors (Lipinski definition) is 2. The van der Waals surface area contributed by atoms with E-state index in [1.165, 1.54) is 12.8 Å². The first-order chi connectivity index (χ1) is 7.29. The molecule has 2 atom stereocenters. The van der Waals surface area contributed by atoms with Gasteiger partial charge >= 0.3 is 6.03 Å². The molecule has 2 unspecified atom stereocenters. The van der Waals surface area contributed by atoms with Gasteiger partial charge in [-0.3, -0.25) is 0 Å². The summed E-state index contributed by atoms with van der Waals surface area (Å²) in [7, 11) is 0. The molecule has 0 spiro atoms. The molecule has 86 valence electrons. The Hall–Kier alpha value is -0.770. The molecule has 0 bridgehead atoms. The monoisotopic (exact) mass is 211 g/mol. The van der Waals surface area contributed by atoms with Gasteiger partial charge in [-0.05, 0) is 25.8 Å². The Morgan fingerprint density at radius 2 is 2.33 bits per heavy atom. The molecule has 0 aromatic carbocycles. The second-order valence-corrected chi connectivity index (χ2v) is 4.63. The first kappa shape index (κ1) is 10.7. The molecule has 4 nitrogen and oxygen atoms in total. The molecular weight excluding hydrogens is 190 g/mol. The SMILES string of the molecule is CCCC1CN(CC2CCCN2)C(=O)N1. The molecule has 15 heavy (non-hydrogen) atoms. The van der Waals surface area contributed by atoms with Gasteiger partial charge in [0.05, 0.1) is 0 Å². The highest BCUT2D eigenvalue weighted by molar-refractivity contribution is 5.76. The van der Waals surface area contributed by atoms with Gasteiger partial charge in [0.1, 0.15) is 0 Å². The highest BCUT2D eigenvalue weighted by atomic mass is 16.2. The van der Waals surface area contributed by atoms with Gasteiger partial charge in [-0.25, -0.2) is 4.79 Å². The fraction of sp³-hybridized carbons (Fsp3) is 0.909. The van der Waals surface area contributed by atoms with Gasteiger partial charge in [-0.2, -0.15) is 0 Å². The molecule has 2 heterocycles. The Bertz CT molecular complexity index is 226. The molecule has 2 aliphatic heterocycles. The molecule has 0 aliphatic carbocycles. The summed E-state index contributed by atoms with van der Waals surface area (Å²) in [6.45, 7) is 5.04. The quantitative estimate of drug-likeness (QED) is 0.726. The molecule has 0 aromatic heterocycles. The number of amides is 2. The number of carbonyl (C=O) groups excluding carboxylic acids is 1. The molecule has 2 saturated heterocycles. The van der Waals surface area contributed by atoms with E-state index in [9.17, 15) is 4.79 Å². The summed E-state index contributed by atoms with van der Waals surface area (Å²) in [5.74, 6) is 0. The van der Waals surface area contributed by atoms with Crippen LogP contribution in [0.1, 0.15) is 32.6 Å². The number of rotatable bonds is 4. The van der Waals surface area contributed by atoms with Crippen molar-refractivity contribution in [3.05, 3.63) is 0 Å². The molecule has 2 amide bonds. The van der Waals surface area contributed by atoms with Crippen molar-refractivity contribution in [1.29, 1.82) is 0 Å². The minimum Gasteiger partial charge on any atom is -0.333 e. The van der Waals surface area contributed by atoms with E-state index >= 15 is 0 Å². The summed E-state index contributed by atoms with van der Waals surface area (Å²) < 4.78 is 0. The lowest BCUT2D eigenvalue weighted by Crippen LogP contribution is -2.39. The van der Waals surface area contributed by atoms with E-state index in [0.29, 0.717) is 12.1 Å². The third-order valence-electron chi connectivity index (χ3n) is 3.30. The summed E-state index contributed by atoms with van der Waals surface area (Å²) in [6, 6.07) is 1.03. The van der Waals surface area contributed by atoms with Gasteiger partial charge in [0.15, 0.2) is 0 Å². The third-order valence-corrected chi connectivity index (χ3v) is 3.30. The number of nitrogens with one attached hydrogen (secondary N) is 2. The Morgan fingerprint density at radius 3 is 3.00 bits per heavy atom. The molecule has 0 saturated carbocycles. The maximum atomic E-state index is 11.6. The molecule has 0 radical (unpaired) electrons. The summed E-state index contributed by atoms with van der Waals surface area (Å²) in [5.41, 5.74) is 0. The normalized spacial score (nSPS) is 31.0. The summed E-state index contributed by atoms with van der Waals surface area (Å²) in [5, 5.41) is 6.47. The number of nitrogens with zero attached hydrogens (tertiary/aromatic N) is 1. The first-order valence-electron chi connectivity index (χ1n) is 6.08. The van der Waals surface area contributed by atoms with Crippen LogP contribution in [-0.2, 0) is 0 Å². The van der Waals surface area contributed by atoms with Crippen molar-refractivity contribution in [1.82, 2.24) is 15.5 Å². The van der Waals surface area contributed by atoms with Crippen molar-refractivity contribution in [3.63, 3.8) is 0 Å². The van der Waals surface area contributed by atoms with Crippen LogP contribution in [0.5, 0.6) is 0 Å². The average Bonchev–Trinajstić information content (AvgIpc) is 2.79. The first-order valence-corrected chi connectivity index (χ1v) is 6.08.